The van der Waals surface area contributed by atoms with Crippen molar-refractivity contribution < 1.29 is 24.2 Å². The van der Waals surface area contributed by atoms with Crippen LogP contribution in [0.15, 0.2) is 46.8 Å². The molecule has 0 saturated heterocycles. The molecule has 0 fully saturated rings. The van der Waals surface area contributed by atoms with Crippen LogP contribution in [0.2, 0.25) is 0 Å². The number of methoxy groups -OCH3 is 1. The summed E-state index contributed by atoms with van der Waals surface area (Å²) in [6.45, 7) is 7.20. The molecule has 29 heavy (non-hydrogen) atoms. The van der Waals surface area contributed by atoms with E-state index in [0.717, 1.165) is 0 Å². The monoisotopic (exact) mass is 398 g/mol. The van der Waals surface area contributed by atoms with Crippen molar-refractivity contribution >= 4 is 11.9 Å². The molecule has 1 aromatic carbocycles. The third kappa shape index (κ3) is 4.84. The summed E-state index contributed by atoms with van der Waals surface area (Å²) in [5.41, 5.74) is 1.47. The van der Waals surface area contributed by atoms with Gasteiger partial charge in [-0.3, -0.25) is 0 Å². The molecule has 1 aromatic rings. The first-order chi connectivity index (χ1) is 13.6. The quantitative estimate of drug-likeness (QED) is 0.734. The van der Waals surface area contributed by atoms with Gasteiger partial charge in [-0.2, -0.15) is 5.26 Å². The minimum Gasteiger partial charge on any atom is -0.466 e. The number of carbonyl (C=O) groups is 2. The molecule has 0 saturated carbocycles. The highest BCUT2D eigenvalue weighted by Crippen LogP contribution is 2.40. The minimum absolute atomic E-state index is 0.0750. The SMILES string of the molecule is COC(=O)C1=C(CO)NC(C)=C(C(=O)OCC(C)(C)C)C1c1ccccc1C#N. The van der Waals surface area contributed by atoms with Gasteiger partial charge in [0.15, 0.2) is 0 Å². The Balaban J connectivity index is 2.68. The molecule has 0 bridgehead atoms. The zero-order valence-electron chi connectivity index (χ0n) is 17.3. The standard InChI is InChI=1S/C22H26N2O5/c1-13-17(21(27)29-12-22(2,3)4)18(15-9-7-6-8-14(15)10-23)19(20(26)28-5)16(11-25)24-13/h6-9,18,24-25H,11-12H2,1-5H3. The van der Waals surface area contributed by atoms with Gasteiger partial charge in [0, 0.05) is 5.70 Å². The van der Waals surface area contributed by atoms with Gasteiger partial charge in [0.1, 0.15) is 0 Å². The minimum atomic E-state index is -0.908. The van der Waals surface area contributed by atoms with Crippen molar-refractivity contribution in [3.8, 4) is 6.07 Å². The lowest BCUT2D eigenvalue weighted by molar-refractivity contribution is -0.142. The number of esters is 2. The average molecular weight is 398 g/mol. The summed E-state index contributed by atoms with van der Waals surface area (Å²) in [6, 6.07) is 8.81. The van der Waals surface area contributed by atoms with Gasteiger partial charge in [0.05, 0.1) is 54.7 Å². The molecule has 7 nitrogen and oxygen atoms in total. The Kier molecular flexibility index (Phi) is 6.83. The highest BCUT2D eigenvalue weighted by molar-refractivity contribution is 6.00. The predicted molar refractivity (Wildman–Crippen MR) is 106 cm³/mol. The number of ether oxygens (including phenoxy) is 2. The largest absolute Gasteiger partial charge is 0.466 e. The Labute approximate surface area is 170 Å². The Morgan fingerprint density at radius 3 is 2.41 bits per heavy atom. The summed E-state index contributed by atoms with van der Waals surface area (Å²) < 4.78 is 10.4. The highest BCUT2D eigenvalue weighted by Gasteiger charge is 2.39. The van der Waals surface area contributed by atoms with Crippen molar-refractivity contribution in [1.82, 2.24) is 5.32 Å². The van der Waals surface area contributed by atoms with Gasteiger partial charge in [-0.1, -0.05) is 39.0 Å². The lowest BCUT2D eigenvalue weighted by Crippen LogP contribution is -2.35. The topological polar surface area (TPSA) is 109 Å². The molecule has 1 unspecified atom stereocenters. The maximum atomic E-state index is 13.0. The summed E-state index contributed by atoms with van der Waals surface area (Å²) in [6.07, 6.45) is 0. The molecular formula is C22H26N2O5. The van der Waals surface area contributed by atoms with Crippen molar-refractivity contribution in [2.45, 2.75) is 33.6 Å². The van der Waals surface area contributed by atoms with Crippen molar-refractivity contribution in [1.29, 1.82) is 5.26 Å². The fourth-order valence-electron chi connectivity index (χ4n) is 3.16. The van der Waals surface area contributed by atoms with Crippen LogP contribution in [0.25, 0.3) is 0 Å². The maximum absolute atomic E-state index is 13.0. The third-order valence-electron chi connectivity index (χ3n) is 4.46. The third-order valence-corrected chi connectivity index (χ3v) is 4.46. The van der Waals surface area contributed by atoms with E-state index < -0.39 is 24.5 Å². The van der Waals surface area contributed by atoms with E-state index in [4.69, 9.17) is 9.47 Å². The number of nitrogens with one attached hydrogen (secondary N) is 1. The van der Waals surface area contributed by atoms with Crippen molar-refractivity contribution in [2.24, 2.45) is 5.41 Å². The van der Waals surface area contributed by atoms with Gasteiger partial charge in [-0.25, -0.2) is 9.59 Å². The van der Waals surface area contributed by atoms with Crippen molar-refractivity contribution in [2.75, 3.05) is 20.3 Å². The Bertz CT molecular complexity index is 916. The van der Waals surface area contributed by atoms with Crippen LogP contribution in [0, 0.1) is 16.7 Å². The Morgan fingerprint density at radius 2 is 1.86 bits per heavy atom. The molecule has 0 radical (unpaired) electrons. The highest BCUT2D eigenvalue weighted by atomic mass is 16.5. The van der Waals surface area contributed by atoms with E-state index >= 15 is 0 Å². The van der Waals surface area contributed by atoms with E-state index in [1.165, 1.54) is 7.11 Å². The normalized spacial score (nSPS) is 16.8. The number of allylic oxidation sites excluding steroid dienone is 1. The van der Waals surface area contributed by atoms with E-state index in [-0.39, 0.29) is 28.9 Å². The van der Waals surface area contributed by atoms with Gasteiger partial charge >= 0.3 is 11.9 Å². The Hall–Kier alpha value is -3.11. The maximum Gasteiger partial charge on any atom is 0.336 e. The van der Waals surface area contributed by atoms with Gasteiger partial charge in [0.2, 0.25) is 0 Å². The van der Waals surface area contributed by atoms with Crippen molar-refractivity contribution in [3.05, 3.63) is 57.9 Å². The van der Waals surface area contributed by atoms with Crippen LogP contribution in [-0.4, -0.2) is 37.4 Å². The smallest absolute Gasteiger partial charge is 0.336 e. The molecule has 1 aliphatic rings. The summed E-state index contributed by atoms with van der Waals surface area (Å²) >= 11 is 0. The van der Waals surface area contributed by atoms with Crippen LogP contribution < -0.4 is 5.32 Å². The molecular weight excluding hydrogens is 372 g/mol. The molecule has 0 spiro atoms. The van der Waals surface area contributed by atoms with E-state index in [0.29, 0.717) is 16.8 Å². The molecule has 2 N–H and O–H groups in total. The van der Waals surface area contributed by atoms with Crippen LogP contribution in [-0.2, 0) is 19.1 Å². The van der Waals surface area contributed by atoms with Gasteiger partial charge in [0.25, 0.3) is 0 Å². The number of aliphatic hydroxyl groups is 1. The first-order valence-electron chi connectivity index (χ1n) is 9.20. The van der Waals surface area contributed by atoms with Gasteiger partial charge in [-0.15, -0.1) is 0 Å². The summed E-state index contributed by atoms with van der Waals surface area (Å²) in [5.74, 6) is -2.21. The number of carbonyl (C=O) groups excluding carboxylic acids is 2. The van der Waals surface area contributed by atoms with E-state index in [1.807, 2.05) is 20.8 Å². The second-order valence-corrected chi connectivity index (χ2v) is 7.97. The number of benzene rings is 1. The number of nitriles is 1. The molecule has 0 amide bonds. The second-order valence-electron chi connectivity index (χ2n) is 7.97. The molecule has 1 aliphatic heterocycles. The van der Waals surface area contributed by atoms with E-state index in [1.54, 1.807) is 31.2 Å². The summed E-state index contributed by atoms with van der Waals surface area (Å²) in [5, 5.41) is 22.3. The number of hydrogen-bond acceptors (Lipinski definition) is 7. The van der Waals surface area contributed by atoms with E-state index in [9.17, 15) is 20.0 Å². The molecule has 7 heteroatoms. The Morgan fingerprint density at radius 1 is 1.21 bits per heavy atom. The zero-order valence-corrected chi connectivity index (χ0v) is 17.3. The molecule has 0 aliphatic carbocycles. The van der Waals surface area contributed by atoms with Crippen molar-refractivity contribution in [3.63, 3.8) is 0 Å². The second kappa shape index (κ2) is 8.93. The molecule has 1 heterocycles. The number of rotatable bonds is 5. The van der Waals surface area contributed by atoms with Crippen LogP contribution in [0.5, 0.6) is 0 Å². The molecule has 2 rings (SSSR count). The van der Waals surface area contributed by atoms with Crippen LogP contribution in [0.4, 0.5) is 0 Å². The average Bonchev–Trinajstić information content (AvgIpc) is 2.69. The van der Waals surface area contributed by atoms with Gasteiger partial charge < -0.3 is 19.9 Å². The predicted octanol–water partition coefficient (Wildman–Crippen LogP) is 2.53. The number of dihydropyridines is 1. The van der Waals surface area contributed by atoms with Crippen LogP contribution >= 0.6 is 0 Å². The number of hydrogen-bond donors (Lipinski definition) is 2. The number of nitrogens with zero attached hydrogens (tertiary/aromatic N) is 1. The lowest BCUT2D eigenvalue weighted by Gasteiger charge is -2.31. The molecule has 0 aromatic heterocycles. The molecule has 154 valence electrons. The van der Waals surface area contributed by atoms with Gasteiger partial charge in [-0.05, 0) is 24.0 Å². The fourth-order valence-corrected chi connectivity index (χ4v) is 3.16. The van der Waals surface area contributed by atoms with Crippen LogP contribution in [0.1, 0.15) is 44.7 Å². The first-order valence-corrected chi connectivity index (χ1v) is 9.20. The number of aliphatic hydroxyl groups excluding tert-OH is 1. The summed E-state index contributed by atoms with van der Waals surface area (Å²) in [4.78, 5) is 25.7. The molecule has 1 atom stereocenters. The lowest BCUT2D eigenvalue weighted by atomic mass is 9.78. The zero-order chi connectivity index (χ0) is 21.8. The fraction of sp³-hybridized carbons (Fsp3) is 0.409. The summed E-state index contributed by atoms with van der Waals surface area (Å²) in [7, 11) is 1.22. The van der Waals surface area contributed by atoms with E-state index in [2.05, 4.69) is 11.4 Å². The van der Waals surface area contributed by atoms with Crippen LogP contribution in [0.3, 0.4) is 0 Å². The first kappa shape index (κ1) is 22.2.